The van der Waals surface area contributed by atoms with Crippen molar-refractivity contribution in [3.63, 3.8) is 0 Å². The number of carbonyl (C=O) groups excluding carboxylic acids is 1. The predicted octanol–water partition coefficient (Wildman–Crippen LogP) is -0.812. The second-order valence-corrected chi connectivity index (χ2v) is 5.24. The lowest BCUT2D eigenvalue weighted by atomic mass is 10.2. The molecule has 4 N–H and O–H groups in total. The fraction of sp³-hybridized carbons (Fsp3) is 0.750. The Labute approximate surface area is 105 Å². The zero-order valence-corrected chi connectivity index (χ0v) is 10.7. The van der Waals surface area contributed by atoms with Gasteiger partial charge in [0.25, 0.3) is 0 Å². The number of oxime groups is 1. The van der Waals surface area contributed by atoms with E-state index >= 15 is 0 Å². The van der Waals surface area contributed by atoms with Crippen LogP contribution in [0.1, 0.15) is 19.8 Å². The highest BCUT2D eigenvalue weighted by Gasteiger charge is 2.37. The fourth-order valence-corrected chi connectivity index (χ4v) is 3.02. The van der Waals surface area contributed by atoms with Gasteiger partial charge in [-0.15, -0.1) is 0 Å². The van der Waals surface area contributed by atoms with Crippen molar-refractivity contribution in [2.75, 3.05) is 13.2 Å². The van der Waals surface area contributed by atoms with Gasteiger partial charge in [-0.1, -0.05) is 5.16 Å². The van der Waals surface area contributed by atoms with Crippen molar-refractivity contribution >= 4 is 22.1 Å². The largest absolute Gasteiger partial charge is 0.449 e. The zero-order valence-electron chi connectivity index (χ0n) is 9.87. The van der Waals surface area contributed by atoms with Crippen LogP contribution in [-0.2, 0) is 14.9 Å². The Morgan fingerprint density at radius 2 is 2.33 bits per heavy atom. The molecule has 104 valence electrons. The van der Waals surface area contributed by atoms with Gasteiger partial charge < -0.3 is 15.7 Å². The summed E-state index contributed by atoms with van der Waals surface area (Å²) in [5.41, 5.74) is 5.40. The number of amides is 1. The molecule has 0 bridgehead atoms. The molecule has 18 heavy (non-hydrogen) atoms. The normalized spacial score (nSPS) is 21.8. The second kappa shape index (κ2) is 5.87. The van der Waals surface area contributed by atoms with E-state index in [1.807, 2.05) is 0 Å². The highest BCUT2D eigenvalue weighted by atomic mass is 32.2. The summed E-state index contributed by atoms with van der Waals surface area (Å²) in [5, 5.41) is 11.4. The van der Waals surface area contributed by atoms with Crippen molar-refractivity contribution in [2.45, 2.75) is 25.8 Å². The molecule has 1 aliphatic rings. The number of nitrogens with two attached hydrogens (primary N) is 1. The first-order chi connectivity index (χ1) is 8.42. The molecule has 0 spiro atoms. The lowest BCUT2D eigenvalue weighted by molar-refractivity contribution is 0.158. The van der Waals surface area contributed by atoms with E-state index in [-0.39, 0.29) is 19.0 Å². The molecule has 1 fully saturated rings. The zero-order chi connectivity index (χ0) is 13.8. The lowest BCUT2D eigenvalue weighted by Gasteiger charge is -2.22. The summed E-state index contributed by atoms with van der Waals surface area (Å²) in [6, 6.07) is -0.748. The second-order valence-electron chi connectivity index (χ2n) is 3.62. The summed E-state index contributed by atoms with van der Waals surface area (Å²) < 4.78 is 31.0. The molecule has 0 aromatic carbocycles. The van der Waals surface area contributed by atoms with Crippen molar-refractivity contribution in [1.29, 1.82) is 0 Å². The molecule has 0 saturated carbocycles. The predicted molar refractivity (Wildman–Crippen MR) is 62.2 cm³/mol. The molecule has 0 radical (unpaired) electrons. The molecule has 1 saturated heterocycles. The van der Waals surface area contributed by atoms with Crippen molar-refractivity contribution in [3.05, 3.63) is 0 Å². The van der Waals surface area contributed by atoms with Crippen LogP contribution in [0.5, 0.6) is 0 Å². The third-order valence-electron chi connectivity index (χ3n) is 2.46. The number of hydrogen-bond donors (Lipinski definition) is 3. The standard InChI is InChI=1S/C8H16N4O5S/c1-2-17-8(13)11-18(15,16)12-5-3-4-6(12)7(9)10-14/h6,14H,2-5H2,1H3,(H2,9,10)(H,11,13). The lowest BCUT2D eigenvalue weighted by Crippen LogP contribution is -2.50. The Hall–Kier alpha value is -1.55. The Bertz CT molecular complexity index is 435. The monoisotopic (exact) mass is 280 g/mol. The third-order valence-corrected chi connectivity index (χ3v) is 3.94. The van der Waals surface area contributed by atoms with Crippen LogP contribution in [0.25, 0.3) is 0 Å². The highest BCUT2D eigenvalue weighted by Crippen LogP contribution is 2.20. The summed E-state index contributed by atoms with van der Waals surface area (Å²) in [5.74, 6) is -0.207. The smallest absolute Gasteiger partial charge is 0.421 e. The molecule has 10 heteroatoms. The molecule has 1 atom stereocenters. The number of nitrogens with zero attached hydrogens (tertiary/aromatic N) is 2. The van der Waals surface area contributed by atoms with Crippen LogP contribution in [0.3, 0.4) is 0 Å². The van der Waals surface area contributed by atoms with Crippen LogP contribution >= 0.6 is 0 Å². The quantitative estimate of drug-likeness (QED) is 0.267. The number of nitrogens with one attached hydrogen (secondary N) is 1. The van der Waals surface area contributed by atoms with Gasteiger partial charge in [-0.2, -0.15) is 12.7 Å². The summed E-state index contributed by atoms with van der Waals surface area (Å²) in [6.07, 6.45) is -0.0628. The van der Waals surface area contributed by atoms with Gasteiger partial charge in [0.15, 0.2) is 5.84 Å². The summed E-state index contributed by atoms with van der Waals surface area (Å²) in [7, 11) is -4.05. The van der Waals surface area contributed by atoms with Crippen molar-refractivity contribution in [2.24, 2.45) is 10.9 Å². The van der Waals surface area contributed by atoms with Gasteiger partial charge in [0.1, 0.15) is 0 Å². The van der Waals surface area contributed by atoms with Crippen LogP contribution in [0.2, 0.25) is 0 Å². The van der Waals surface area contributed by atoms with Gasteiger partial charge in [0.2, 0.25) is 0 Å². The van der Waals surface area contributed by atoms with E-state index in [4.69, 9.17) is 10.9 Å². The molecule has 1 amide bonds. The maximum Gasteiger partial charge on any atom is 0.421 e. The van der Waals surface area contributed by atoms with Crippen LogP contribution < -0.4 is 10.5 Å². The molecule has 1 rings (SSSR count). The molecule has 0 aromatic rings. The highest BCUT2D eigenvalue weighted by molar-refractivity contribution is 7.87. The average molecular weight is 280 g/mol. The van der Waals surface area contributed by atoms with Gasteiger partial charge in [0, 0.05) is 6.54 Å². The minimum atomic E-state index is -4.05. The number of hydrogen-bond acceptors (Lipinski definition) is 6. The van der Waals surface area contributed by atoms with Gasteiger partial charge in [0.05, 0.1) is 12.6 Å². The summed E-state index contributed by atoms with van der Waals surface area (Å²) in [4.78, 5) is 11.1. The SMILES string of the molecule is CCOC(=O)NS(=O)(=O)N1CCCC1C(N)=NO. The number of carbonyl (C=O) groups is 1. The molecule has 9 nitrogen and oxygen atoms in total. The van der Waals surface area contributed by atoms with Gasteiger partial charge in [-0.25, -0.2) is 9.52 Å². The first-order valence-electron chi connectivity index (χ1n) is 5.36. The van der Waals surface area contributed by atoms with E-state index in [0.29, 0.717) is 12.8 Å². The molecule has 1 heterocycles. The van der Waals surface area contributed by atoms with Crippen molar-refractivity contribution in [1.82, 2.24) is 9.03 Å². The Balaban J connectivity index is 2.81. The van der Waals surface area contributed by atoms with E-state index in [0.717, 1.165) is 4.31 Å². The Kier molecular flexibility index (Phi) is 4.73. The van der Waals surface area contributed by atoms with E-state index < -0.39 is 22.3 Å². The number of ether oxygens (including phenoxy) is 1. The Morgan fingerprint density at radius 1 is 1.67 bits per heavy atom. The third kappa shape index (κ3) is 3.23. The summed E-state index contributed by atoms with van der Waals surface area (Å²) in [6.45, 7) is 1.81. The minimum Gasteiger partial charge on any atom is -0.449 e. The van der Waals surface area contributed by atoms with E-state index in [1.54, 1.807) is 11.6 Å². The van der Waals surface area contributed by atoms with Gasteiger partial charge in [-0.05, 0) is 19.8 Å². The maximum absolute atomic E-state index is 11.9. The minimum absolute atomic E-state index is 0.0605. The van der Waals surface area contributed by atoms with Crippen LogP contribution in [0.15, 0.2) is 5.16 Å². The number of amidine groups is 1. The Morgan fingerprint density at radius 3 is 2.89 bits per heavy atom. The van der Waals surface area contributed by atoms with Crippen LogP contribution in [0, 0.1) is 0 Å². The van der Waals surface area contributed by atoms with E-state index in [9.17, 15) is 13.2 Å². The number of rotatable bonds is 4. The van der Waals surface area contributed by atoms with Crippen molar-refractivity contribution < 1.29 is 23.2 Å². The molecule has 0 aliphatic carbocycles. The molecule has 1 unspecified atom stereocenters. The van der Waals surface area contributed by atoms with Gasteiger partial charge >= 0.3 is 16.3 Å². The van der Waals surface area contributed by atoms with E-state index in [2.05, 4.69) is 9.89 Å². The van der Waals surface area contributed by atoms with Crippen LogP contribution in [-0.4, -0.2) is 49.1 Å². The topological polar surface area (TPSA) is 134 Å². The molecular weight excluding hydrogens is 264 g/mol. The molecule has 1 aliphatic heterocycles. The summed E-state index contributed by atoms with van der Waals surface area (Å²) >= 11 is 0. The molecular formula is C8H16N4O5S. The maximum atomic E-state index is 11.9. The van der Waals surface area contributed by atoms with E-state index in [1.165, 1.54) is 0 Å². The molecule has 0 aromatic heterocycles. The first kappa shape index (κ1) is 14.5. The first-order valence-corrected chi connectivity index (χ1v) is 6.80. The van der Waals surface area contributed by atoms with Crippen molar-refractivity contribution in [3.8, 4) is 0 Å². The fourth-order valence-electron chi connectivity index (χ4n) is 1.71. The van der Waals surface area contributed by atoms with Gasteiger partial charge in [-0.3, -0.25) is 0 Å². The average Bonchev–Trinajstić information content (AvgIpc) is 2.77. The van der Waals surface area contributed by atoms with Crippen LogP contribution in [0.4, 0.5) is 4.79 Å².